The summed E-state index contributed by atoms with van der Waals surface area (Å²) in [5.74, 6) is 0.885. The Labute approximate surface area is 141 Å². The lowest BCUT2D eigenvalue weighted by Crippen LogP contribution is -2.48. The maximum absolute atomic E-state index is 12.5. The van der Waals surface area contributed by atoms with Gasteiger partial charge in [-0.15, -0.1) is 0 Å². The molecule has 0 saturated carbocycles. The van der Waals surface area contributed by atoms with Crippen molar-refractivity contribution in [2.24, 2.45) is 0 Å². The fraction of sp³-hybridized carbons (Fsp3) is 0.444. The summed E-state index contributed by atoms with van der Waals surface area (Å²) >= 11 is 0. The van der Waals surface area contributed by atoms with Crippen molar-refractivity contribution in [3.8, 4) is 11.5 Å². The number of piperidine rings is 1. The number of carbonyl (C=O) groups is 2. The number of likely N-dealkylation sites (tertiary alicyclic amines) is 1. The minimum absolute atomic E-state index is 0.176. The summed E-state index contributed by atoms with van der Waals surface area (Å²) in [6, 6.07) is 5.02. The number of esters is 1. The highest BCUT2D eigenvalue weighted by atomic mass is 16.7. The van der Waals surface area contributed by atoms with Crippen LogP contribution in [0.2, 0.25) is 0 Å². The Hall–Kier alpha value is -2.50. The molecule has 1 amide bonds. The van der Waals surface area contributed by atoms with E-state index in [1.54, 1.807) is 17.9 Å². The number of fused-ring (bicyclic) bond motifs is 1. The number of rotatable bonds is 4. The molecule has 6 heteroatoms. The van der Waals surface area contributed by atoms with Crippen LogP contribution in [0.1, 0.15) is 31.7 Å². The van der Waals surface area contributed by atoms with E-state index in [0.29, 0.717) is 31.1 Å². The molecule has 1 atom stereocenters. The van der Waals surface area contributed by atoms with Crippen LogP contribution in [0.15, 0.2) is 24.3 Å². The Morgan fingerprint density at radius 3 is 2.96 bits per heavy atom. The van der Waals surface area contributed by atoms with Crippen molar-refractivity contribution in [2.45, 2.75) is 32.2 Å². The van der Waals surface area contributed by atoms with Crippen molar-refractivity contribution in [2.75, 3.05) is 19.9 Å². The predicted molar refractivity (Wildman–Crippen MR) is 87.6 cm³/mol. The quantitative estimate of drug-likeness (QED) is 0.626. The van der Waals surface area contributed by atoms with Crippen molar-refractivity contribution in [3.05, 3.63) is 29.8 Å². The van der Waals surface area contributed by atoms with Gasteiger partial charge in [-0.25, -0.2) is 4.79 Å². The van der Waals surface area contributed by atoms with Crippen LogP contribution in [0.3, 0.4) is 0 Å². The third kappa shape index (κ3) is 3.53. The normalized spacial score (nSPS) is 19.5. The summed E-state index contributed by atoms with van der Waals surface area (Å²) in [4.78, 5) is 26.1. The van der Waals surface area contributed by atoms with Gasteiger partial charge >= 0.3 is 5.97 Å². The van der Waals surface area contributed by atoms with Gasteiger partial charge in [0, 0.05) is 12.6 Å². The largest absolute Gasteiger partial charge is 0.464 e. The van der Waals surface area contributed by atoms with Crippen molar-refractivity contribution in [1.82, 2.24) is 4.90 Å². The number of amides is 1. The molecule has 2 aliphatic heterocycles. The molecule has 2 heterocycles. The smallest absolute Gasteiger partial charge is 0.328 e. The molecule has 1 fully saturated rings. The first-order valence-corrected chi connectivity index (χ1v) is 8.24. The molecule has 128 valence electrons. The molecule has 0 aromatic heterocycles. The number of hydrogen-bond acceptors (Lipinski definition) is 5. The minimum atomic E-state index is -0.479. The Kier molecular flexibility index (Phi) is 5.03. The van der Waals surface area contributed by atoms with Gasteiger partial charge in [0.05, 0.1) is 6.61 Å². The first-order valence-electron chi connectivity index (χ1n) is 8.24. The Morgan fingerprint density at radius 1 is 1.29 bits per heavy atom. The molecule has 1 aromatic carbocycles. The first kappa shape index (κ1) is 16.4. The molecular formula is C18H21NO5. The van der Waals surface area contributed by atoms with E-state index in [1.807, 2.05) is 18.2 Å². The van der Waals surface area contributed by atoms with Crippen LogP contribution >= 0.6 is 0 Å². The van der Waals surface area contributed by atoms with E-state index in [0.717, 1.165) is 18.4 Å². The third-order valence-electron chi connectivity index (χ3n) is 4.16. The molecule has 0 spiro atoms. The van der Waals surface area contributed by atoms with Crippen molar-refractivity contribution in [3.63, 3.8) is 0 Å². The summed E-state index contributed by atoms with van der Waals surface area (Å²) in [7, 11) is 0. The summed E-state index contributed by atoms with van der Waals surface area (Å²) in [6.45, 7) is 2.89. The highest BCUT2D eigenvalue weighted by molar-refractivity contribution is 5.94. The molecule has 0 N–H and O–H groups in total. The van der Waals surface area contributed by atoms with Gasteiger partial charge in [-0.2, -0.15) is 0 Å². The first-order chi connectivity index (χ1) is 11.7. The number of hydrogen-bond donors (Lipinski definition) is 0. The SMILES string of the molecule is CCOC(=O)C1CCCCN1C(=O)/C=C/c1ccc2c(c1)OCO2. The van der Waals surface area contributed by atoms with Gasteiger partial charge < -0.3 is 19.1 Å². The van der Waals surface area contributed by atoms with E-state index in [1.165, 1.54) is 6.08 Å². The van der Waals surface area contributed by atoms with Crippen LogP contribution in [-0.2, 0) is 14.3 Å². The monoisotopic (exact) mass is 331 g/mol. The zero-order chi connectivity index (χ0) is 16.9. The average Bonchev–Trinajstić information content (AvgIpc) is 3.07. The zero-order valence-corrected chi connectivity index (χ0v) is 13.7. The van der Waals surface area contributed by atoms with Crippen molar-refractivity contribution >= 4 is 18.0 Å². The van der Waals surface area contributed by atoms with E-state index >= 15 is 0 Å². The lowest BCUT2D eigenvalue weighted by molar-refractivity contribution is -0.155. The van der Waals surface area contributed by atoms with Gasteiger partial charge in [0.15, 0.2) is 11.5 Å². The van der Waals surface area contributed by atoms with Gasteiger partial charge in [0.2, 0.25) is 12.7 Å². The lowest BCUT2D eigenvalue weighted by Gasteiger charge is -2.33. The highest BCUT2D eigenvalue weighted by Crippen LogP contribution is 2.32. The highest BCUT2D eigenvalue weighted by Gasteiger charge is 2.32. The molecule has 2 aliphatic rings. The average molecular weight is 331 g/mol. The van der Waals surface area contributed by atoms with Crippen molar-refractivity contribution in [1.29, 1.82) is 0 Å². The second kappa shape index (κ2) is 7.38. The molecule has 24 heavy (non-hydrogen) atoms. The van der Waals surface area contributed by atoms with Gasteiger partial charge in [0.1, 0.15) is 6.04 Å². The van der Waals surface area contributed by atoms with Crippen LogP contribution < -0.4 is 9.47 Å². The number of benzene rings is 1. The summed E-state index contributed by atoms with van der Waals surface area (Å²) in [5, 5.41) is 0. The maximum Gasteiger partial charge on any atom is 0.328 e. The molecule has 1 aromatic rings. The molecule has 1 unspecified atom stereocenters. The number of ether oxygens (including phenoxy) is 3. The molecule has 0 radical (unpaired) electrons. The molecule has 0 aliphatic carbocycles. The van der Waals surface area contributed by atoms with Gasteiger partial charge in [-0.1, -0.05) is 6.07 Å². The molecule has 1 saturated heterocycles. The van der Waals surface area contributed by atoms with E-state index in [9.17, 15) is 9.59 Å². The topological polar surface area (TPSA) is 65.1 Å². The lowest BCUT2D eigenvalue weighted by atomic mass is 10.0. The summed E-state index contributed by atoms with van der Waals surface area (Å²) in [6.07, 6.45) is 5.71. The summed E-state index contributed by atoms with van der Waals surface area (Å²) < 4.78 is 15.7. The van der Waals surface area contributed by atoms with Crippen LogP contribution in [-0.4, -0.2) is 42.8 Å². The fourth-order valence-electron chi connectivity index (χ4n) is 2.96. The minimum Gasteiger partial charge on any atom is -0.464 e. The zero-order valence-electron chi connectivity index (χ0n) is 13.7. The third-order valence-corrected chi connectivity index (χ3v) is 4.16. The number of nitrogens with zero attached hydrogens (tertiary/aromatic N) is 1. The van der Waals surface area contributed by atoms with Crippen LogP contribution in [0.25, 0.3) is 6.08 Å². The van der Waals surface area contributed by atoms with Crippen LogP contribution in [0.5, 0.6) is 11.5 Å². The molecule has 3 rings (SSSR count). The van der Waals surface area contributed by atoms with Gasteiger partial charge in [0.25, 0.3) is 0 Å². The molecular weight excluding hydrogens is 310 g/mol. The fourth-order valence-corrected chi connectivity index (χ4v) is 2.96. The van der Waals surface area contributed by atoms with E-state index in [2.05, 4.69) is 0 Å². The van der Waals surface area contributed by atoms with E-state index < -0.39 is 6.04 Å². The van der Waals surface area contributed by atoms with E-state index in [-0.39, 0.29) is 18.7 Å². The Balaban J connectivity index is 1.69. The Bertz CT molecular complexity index is 655. The summed E-state index contributed by atoms with van der Waals surface area (Å²) in [5.41, 5.74) is 0.845. The second-order valence-electron chi connectivity index (χ2n) is 5.74. The number of carbonyl (C=O) groups excluding carboxylic acids is 2. The van der Waals surface area contributed by atoms with Gasteiger partial charge in [-0.3, -0.25) is 4.79 Å². The molecule has 0 bridgehead atoms. The standard InChI is InChI=1S/C18H21NO5/c1-2-22-18(21)14-5-3-4-10-19(14)17(20)9-7-13-6-8-15-16(11-13)24-12-23-15/h6-9,11,14H,2-5,10,12H2,1H3/b9-7+. The maximum atomic E-state index is 12.5. The van der Waals surface area contributed by atoms with Crippen LogP contribution in [0, 0.1) is 0 Å². The molecule has 6 nitrogen and oxygen atoms in total. The van der Waals surface area contributed by atoms with Crippen molar-refractivity contribution < 1.29 is 23.8 Å². The Morgan fingerprint density at radius 2 is 2.12 bits per heavy atom. The predicted octanol–water partition coefficient (Wildman–Crippen LogP) is 2.37. The second-order valence-corrected chi connectivity index (χ2v) is 5.74. The van der Waals surface area contributed by atoms with Gasteiger partial charge in [-0.05, 0) is 50.0 Å². The van der Waals surface area contributed by atoms with E-state index in [4.69, 9.17) is 14.2 Å². The van der Waals surface area contributed by atoms with Crippen LogP contribution in [0.4, 0.5) is 0 Å².